The smallest absolute Gasteiger partial charge is 0.158 e. The topological polar surface area (TPSA) is 20.3 Å². The van der Waals surface area contributed by atoms with Crippen molar-refractivity contribution in [3.05, 3.63) is 12.3 Å². The van der Waals surface area contributed by atoms with Crippen molar-refractivity contribution in [3.8, 4) is 0 Å². The highest BCUT2D eigenvalue weighted by molar-refractivity contribution is 5.90. The summed E-state index contributed by atoms with van der Waals surface area (Å²) in [6.45, 7) is 0.870. The lowest BCUT2D eigenvalue weighted by Gasteiger charge is -2.15. The van der Waals surface area contributed by atoms with Crippen LogP contribution in [0, 0.1) is 0 Å². The lowest BCUT2D eigenvalue weighted by molar-refractivity contribution is -0.115. The van der Waals surface area contributed by atoms with Gasteiger partial charge in [0.05, 0.1) is 0 Å². The second-order valence-corrected chi connectivity index (χ2v) is 2.01. The normalized spacial score (nSPS) is 19.6. The average molecular weight is 113 g/mol. The summed E-state index contributed by atoms with van der Waals surface area (Å²) in [6, 6.07) is 0. The van der Waals surface area contributed by atoms with Crippen LogP contribution in [0.5, 0.6) is 0 Å². The second-order valence-electron chi connectivity index (χ2n) is 2.01. The standard InChI is InChI=1S/C6H9NO/c1-7-4-2-6(8)3-5-7/h2,4H,3,5H2,1H3/i8+2. The zero-order valence-electron chi connectivity index (χ0n) is 4.92. The summed E-state index contributed by atoms with van der Waals surface area (Å²) >= 11 is 0. The number of carbonyl (C=O) groups is 1. The molecule has 0 fully saturated rings. The zero-order valence-corrected chi connectivity index (χ0v) is 4.92. The Kier molecular flexibility index (Phi) is 1.33. The van der Waals surface area contributed by atoms with Crippen molar-refractivity contribution >= 4 is 5.78 Å². The van der Waals surface area contributed by atoms with Crippen molar-refractivity contribution in [1.29, 1.82) is 0 Å². The molecule has 1 aliphatic rings. The monoisotopic (exact) mass is 113 g/mol. The molecule has 0 aromatic carbocycles. The number of allylic oxidation sites excluding steroid dienone is 1. The van der Waals surface area contributed by atoms with Gasteiger partial charge in [0.25, 0.3) is 0 Å². The van der Waals surface area contributed by atoms with Crippen molar-refractivity contribution in [2.24, 2.45) is 0 Å². The average Bonchev–Trinajstić information content (AvgIpc) is 1.77. The van der Waals surface area contributed by atoms with E-state index in [1.54, 1.807) is 6.08 Å². The molecule has 0 aliphatic carbocycles. The molecule has 0 radical (unpaired) electrons. The molecule has 0 aromatic rings. The van der Waals surface area contributed by atoms with Crippen LogP contribution in [0.4, 0.5) is 0 Å². The van der Waals surface area contributed by atoms with E-state index in [1.807, 2.05) is 18.1 Å². The third kappa shape index (κ3) is 1.09. The molecule has 1 rings (SSSR count). The Labute approximate surface area is 48.8 Å². The van der Waals surface area contributed by atoms with Crippen LogP contribution in [-0.4, -0.2) is 24.3 Å². The molecule has 0 unspecified atom stereocenters. The van der Waals surface area contributed by atoms with E-state index in [1.165, 1.54) is 0 Å². The van der Waals surface area contributed by atoms with Gasteiger partial charge in [0.15, 0.2) is 5.78 Å². The molecule has 44 valence electrons. The van der Waals surface area contributed by atoms with Gasteiger partial charge in [-0.05, 0) is 6.08 Å². The number of hydrogen-bond acceptors (Lipinski definition) is 2. The molecule has 0 N–H and O–H groups in total. The SMILES string of the molecule is CN1C=CC(=[18O])CC1. The number of ketones is 1. The molecular weight excluding hydrogens is 104 g/mol. The lowest BCUT2D eigenvalue weighted by atomic mass is 10.2. The number of carbonyl (C=O) groups excluding carboxylic acids is 1. The van der Waals surface area contributed by atoms with Crippen molar-refractivity contribution in [3.63, 3.8) is 0 Å². The summed E-state index contributed by atoms with van der Waals surface area (Å²) in [5.74, 6) is 0.239. The van der Waals surface area contributed by atoms with Crippen LogP contribution in [0.25, 0.3) is 0 Å². The van der Waals surface area contributed by atoms with Gasteiger partial charge in [-0.15, -0.1) is 0 Å². The molecule has 0 aromatic heterocycles. The maximum Gasteiger partial charge on any atom is 0.158 e. The van der Waals surface area contributed by atoms with E-state index in [2.05, 4.69) is 0 Å². The summed E-state index contributed by atoms with van der Waals surface area (Å²) in [5.41, 5.74) is 0. The Balaban J connectivity index is 2.55. The fourth-order valence-electron chi connectivity index (χ4n) is 0.655. The number of nitrogens with zero attached hydrogens (tertiary/aromatic N) is 1. The maximum atomic E-state index is 10.5. The highest BCUT2D eigenvalue weighted by Gasteiger charge is 2.03. The first-order chi connectivity index (χ1) is 3.79. The van der Waals surface area contributed by atoms with E-state index < -0.39 is 0 Å². The van der Waals surface area contributed by atoms with Crippen molar-refractivity contribution in [2.45, 2.75) is 6.42 Å². The van der Waals surface area contributed by atoms with Gasteiger partial charge in [0.1, 0.15) is 0 Å². The number of rotatable bonds is 0. The molecule has 1 heterocycles. The van der Waals surface area contributed by atoms with Crippen LogP contribution in [0.3, 0.4) is 0 Å². The van der Waals surface area contributed by atoms with Gasteiger partial charge in [-0.2, -0.15) is 0 Å². The summed E-state index contributed by atoms with van der Waals surface area (Å²) in [5, 5.41) is 0. The predicted molar refractivity (Wildman–Crippen MR) is 31.4 cm³/mol. The Morgan fingerprint density at radius 3 is 2.88 bits per heavy atom. The van der Waals surface area contributed by atoms with Crippen molar-refractivity contribution in [1.82, 2.24) is 4.90 Å². The Bertz CT molecular complexity index is 128. The van der Waals surface area contributed by atoms with E-state index in [-0.39, 0.29) is 5.78 Å². The maximum absolute atomic E-state index is 10.5. The van der Waals surface area contributed by atoms with Crippen LogP contribution in [0.1, 0.15) is 6.42 Å². The zero-order chi connectivity index (χ0) is 5.98. The second kappa shape index (κ2) is 1.99. The van der Waals surface area contributed by atoms with E-state index >= 15 is 0 Å². The fourth-order valence-corrected chi connectivity index (χ4v) is 0.655. The molecule has 2 heteroatoms. The van der Waals surface area contributed by atoms with Gasteiger partial charge >= 0.3 is 0 Å². The third-order valence-corrected chi connectivity index (χ3v) is 1.23. The molecule has 0 saturated carbocycles. The van der Waals surface area contributed by atoms with Crippen molar-refractivity contribution < 1.29 is 4.79 Å². The highest BCUT2D eigenvalue weighted by Crippen LogP contribution is 1.97. The van der Waals surface area contributed by atoms with Gasteiger partial charge < -0.3 is 4.90 Å². The van der Waals surface area contributed by atoms with Crippen LogP contribution < -0.4 is 0 Å². The minimum Gasteiger partial charge on any atom is -0.380 e. The van der Waals surface area contributed by atoms with Gasteiger partial charge in [0, 0.05) is 26.2 Å². The van der Waals surface area contributed by atoms with Gasteiger partial charge in [-0.25, -0.2) is 0 Å². The first-order valence-corrected chi connectivity index (χ1v) is 2.70. The van der Waals surface area contributed by atoms with Crippen LogP contribution >= 0.6 is 0 Å². The summed E-state index contributed by atoms with van der Waals surface area (Å²) in [6.07, 6.45) is 4.10. The van der Waals surface area contributed by atoms with Crippen LogP contribution in [0.2, 0.25) is 0 Å². The minimum atomic E-state index is 0.239. The summed E-state index contributed by atoms with van der Waals surface area (Å²) in [7, 11) is 1.96. The molecule has 8 heavy (non-hydrogen) atoms. The minimum absolute atomic E-state index is 0.239. The largest absolute Gasteiger partial charge is 0.380 e. The Hall–Kier alpha value is -0.790. The van der Waals surface area contributed by atoms with E-state index in [0.29, 0.717) is 6.42 Å². The van der Waals surface area contributed by atoms with Gasteiger partial charge in [0.2, 0.25) is 0 Å². The van der Waals surface area contributed by atoms with Crippen molar-refractivity contribution in [2.75, 3.05) is 13.6 Å². The predicted octanol–water partition coefficient (Wildman–Crippen LogP) is 0.405. The quantitative estimate of drug-likeness (QED) is 0.424. The first-order valence-electron chi connectivity index (χ1n) is 2.70. The summed E-state index contributed by atoms with van der Waals surface area (Å²) < 4.78 is 0. The first kappa shape index (κ1) is 5.35. The highest BCUT2D eigenvalue weighted by atomic mass is 18.1. The van der Waals surface area contributed by atoms with E-state index in [9.17, 15) is 4.79 Å². The lowest BCUT2D eigenvalue weighted by Crippen LogP contribution is -2.19. The van der Waals surface area contributed by atoms with E-state index in [4.69, 9.17) is 0 Å². The third-order valence-electron chi connectivity index (χ3n) is 1.23. The molecule has 0 spiro atoms. The molecule has 0 atom stereocenters. The van der Waals surface area contributed by atoms with E-state index in [0.717, 1.165) is 6.54 Å². The summed E-state index contributed by atoms with van der Waals surface area (Å²) in [4.78, 5) is 12.5. The molecule has 0 saturated heterocycles. The van der Waals surface area contributed by atoms with Gasteiger partial charge in [-0.3, -0.25) is 4.79 Å². The van der Waals surface area contributed by atoms with Crippen LogP contribution in [0.15, 0.2) is 12.3 Å². The molecule has 0 bridgehead atoms. The molecule has 1 aliphatic heterocycles. The molecule has 2 nitrogen and oxygen atoms in total. The molecular formula is C6H9NO. The fraction of sp³-hybridized carbons (Fsp3) is 0.500. The Morgan fingerprint density at radius 1 is 1.75 bits per heavy atom. The Morgan fingerprint density at radius 2 is 2.50 bits per heavy atom. The van der Waals surface area contributed by atoms with Gasteiger partial charge in [-0.1, -0.05) is 0 Å². The van der Waals surface area contributed by atoms with Crippen LogP contribution in [-0.2, 0) is 4.79 Å². The molecule has 0 amide bonds. The number of hydrogen-bond donors (Lipinski definition) is 0.